The standard InChI is InChI=1S/C14H24N2O3S/c1-12(2)4-3-10-16-20(17,18)14-7-5-13(6-8-14)19-11-9-15/h5-8,12,16H,3-4,9-11,15H2,1-2H3. The largest absolute Gasteiger partial charge is 0.492 e. The molecule has 0 aliphatic carbocycles. The van der Waals surface area contributed by atoms with Crippen molar-refractivity contribution in [2.75, 3.05) is 19.7 Å². The first-order valence-electron chi connectivity index (χ1n) is 6.88. The minimum Gasteiger partial charge on any atom is -0.492 e. The molecule has 0 bridgehead atoms. The molecule has 114 valence electrons. The zero-order valence-corrected chi connectivity index (χ0v) is 12.9. The summed E-state index contributed by atoms with van der Waals surface area (Å²) in [5, 5.41) is 0. The van der Waals surface area contributed by atoms with E-state index < -0.39 is 10.0 Å². The van der Waals surface area contributed by atoms with Gasteiger partial charge in [0.25, 0.3) is 0 Å². The van der Waals surface area contributed by atoms with Crippen LogP contribution in [0.5, 0.6) is 5.75 Å². The van der Waals surface area contributed by atoms with Gasteiger partial charge in [-0.2, -0.15) is 0 Å². The molecular formula is C14H24N2O3S. The van der Waals surface area contributed by atoms with Gasteiger partial charge in [-0.25, -0.2) is 13.1 Å². The molecule has 0 saturated heterocycles. The van der Waals surface area contributed by atoms with Gasteiger partial charge in [-0.3, -0.25) is 0 Å². The summed E-state index contributed by atoms with van der Waals surface area (Å²) in [5.41, 5.74) is 5.33. The minimum absolute atomic E-state index is 0.252. The molecule has 1 aromatic carbocycles. The van der Waals surface area contributed by atoms with Gasteiger partial charge in [-0.1, -0.05) is 13.8 Å². The van der Waals surface area contributed by atoms with Gasteiger partial charge in [0.2, 0.25) is 10.0 Å². The predicted molar refractivity (Wildman–Crippen MR) is 80.3 cm³/mol. The second kappa shape index (κ2) is 8.24. The van der Waals surface area contributed by atoms with E-state index in [1.54, 1.807) is 12.1 Å². The van der Waals surface area contributed by atoms with Gasteiger partial charge < -0.3 is 10.5 Å². The summed E-state index contributed by atoms with van der Waals surface area (Å²) in [6, 6.07) is 6.35. The van der Waals surface area contributed by atoms with Gasteiger partial charge in [0.05, 0.1) is 4.90 Å². The molecule has 0 aromatic heterocycles. The number of ether oxygens (including phenoxy) is 1. The molecule has 0 aliphatic heterocycles. The Bertz CT molecular complexity index is 484. The average molecular weight is 300 g/mol. The molecule has 1 aromatic rings. The molecule has 0 amide bonds. The SMILES string of the molecule is CC(C)CCCNS(=O)(=O)c1ccc(OCCN)cc1. The predicted octanol–water partition coefficient (Wildman–Crippen LogP) is 1.74. The number of sulfonamides is 1. The van der Waals surface area contributed by atoms with Crippen LogP contribution in [0.1, 0.15) is 26.7 Å². The lowest BCUT2D eigenvalue weighted by atomic mass is 10.1. The maximum atomic E-state index is 12.0. The van der Waals surface area contributed by atoms with E-state index in [1.165, 1.54) is 12.1 Å². The Morgan fingerprint density at radius 3 is 2.45 bits per heavy atom. The molecule has 6 heteroatoms. The van der Waals surface area contributed by atoms with Crippen LogP contribution in [-0.4, -0.2) is 28.1 Å². The van der Waals surface area contributed by atoms with Crippen LogP contribution in [-0.2, 0) is 10.0 Å². The van der Waals surface area contributed by atoms with Crippen molar-refractivity contribution in [1.82, 2.24) is 4.72 Å². The summed E-state index contributed by atoms with van der Waals surface area (Å²) in [4.78, 5) is 0.252. The smallest absolute Gasteiger partial charge is 0.240 e. The summed E-state index contributed by atoms with van der Waals surface area (Å²) >= 11 is 0. The van der Waals surface area contributed by atoms with Crippen LogP contribution >= 0.6 is 0 Å². The molecule has 0 fully saturated rings. The summed E-state index contributed by atoms with van der Waals surface area (Å²) in [6.07, 6.45) is 1.85. The molecule has 0 heterocycles. The second-order valence-corrected chi connectivity index (χ2v) is 6.81. The van der Waals surface area contributed by atoms with Crippen molar-refractivity contribution in [2.45, 2.75) is 31.6 Å². The Balaban J connectivity index is 2.54. The molecule has 5 nitrogen and oxygen atoms in total. The fourth-order valence-electron chi connectivity index (χ4n) is 1.69. The molecule has 20 heavy (non-hydrogen) atoms. The van der Waals surface area contributed by atoms with Crippen molar-refractivity contribution >= 4 is 10.0 Å². The lowest BCUT2D eigenvalue weighted by Crippen LogP contribution is -2.25. The fourth-order valence-corrected chi connectivity index (χ4v) is 2.77. The van der Waals surface area contributed by atoms with Gasteiger partial charge in [-0.15, -0.1) is 0 Å². The van der Waals surface area contributed by atoms with Crippen molar-refractivity contribution in [2.24, 2.45) is 11.7 Å². The average Bonchev–Trinajstić information content (AvgIpc) is 2.42. The number of nitrogens with two attached hydrogens (primary N) is 1. The quantitative estimate of drug-likeness (QED) is 0.681. The van der Waals surface area contributed by atoms with Gasteiger partial charge in [-0.05, 0) is 43.0 Å². The summed E-state index contributed by atoms with van der Waals surface area (Å²) < 4.78 is 32.0. The van der Waals surface area contributed by atoms with Gasteiger partial charge in [0.1, 0.15) is 12.4 Å². The van der Waals surface area contributed by atoms with E-state index in [1.807, 2.05) is 0 Å². The zero-order valence-electron chi connectivity index (χ0n) is 12.1. The van der Waals surface area contributed by atoms with Crippen LogP contribution in [0.2, 0.25) is 0 Å². The molecular weight excluding hydrogens is 276 g/mol. The maximum absolute atomic E-state index is 12.0. The van der Waals surface area contributed by atoms with Crippen molar-refractivity contribution in [1.29, 1.82) is 0 Å². The highest BCUT2D eigenvalue weighted by molar-refractivity contribution is 7.89. The Labute approximate surface area is 121 Å². The van der Waals surface area contributed by atoms with Crippen LogP contribution in [0.4, 0.5) is 0 Å². The lowest BCUT2D eigenvalue weighted by molar-refractivity contribution is 0.328. The number of benzene rings is 1. The Kier molecular flexibility index (Phi) is 6.98. The molecule has 0 unspecified atom stereocenters. The van der Waals surface area contributed by atoms with E-state index >= 15 is 0 Å². The number of nitrogens with one attached hydrogen (secondary N) is 1. The highest BCUT2D eigenvalue weighted by atomic mass is 32.2. The minimum atomic E-state index is -3.43. The number of hydrogen-bond acceptors (Lipinski definition) is 4. The van der Waals surface area contributed by atoms with Crippen LogP contribution in [0.25, 0.3) is 0 Å². The van der Waals surface area contributed by atoms with Gasteiger partial charge in [0.15, 0.2) is 0 Å². The first-order valence-corrected chi connectivity index (χ1v) is 8.36. The summed E-state index contributed by atoms with van der Waals surface area (Å²) in [5.74, 6) is 1.20. The van der Waals surface area contributed by atoms with Crippen LogP contribution in [0, 0.1) is 5.92 Å². The molecule has 0 radical (unpaired) electrons. The van der Waals surface area contributed by atoms with Crippen molar-refractivity contribution in [3.8, 4) is 5.75 Å². The topological polar surface area (TPSA) is 81.4 Å². The van der Waals surface area contributed by atoms with Crippen molar-refractivity contribution < 1.29 is 13.2 Å². The van der Waals surface area contributed by atoms with Crippen LogP contribution in [0.3, 0.4) is 0 Å². The first kappa shape index (κ1) is 16.9. The van der Waals surface area contributed by atoms with E-state index in [4.69, 9.17) is 10.5 Å². The third kappa shape index (κ3) is 5.90. The van der Waals surface area contributed by atoms with E-state index in [2.05, 4.69) is 18.6 Å². The number of hydrogen-bond donors (Lipinski definition) is 2. The third-order valence-corrected chi connectivity index (χ3v) is 4.25. The normalized spacial score (nSPS) is 11.8. The van der Waals surface area contributed by atoms with Crippen molar-refractivity contribution in [3.05, 3.63) is 24.3 Å². The molecule has 0 spiro atoms. The Morgan fingerprint density at radius 1 is 1.25 bits per heavy atom. The Morgan fingerprint density at radius 2 is 1.90 bits per heavy atom. The van der Waals surface area contributed by atoms with E-state index in [0.717, 1.165) is 12.8 Å². The van der Waals surface area contributed by atoms with Gasteiger partial charge >= 0.3 is 0 Å². The summed E-state index contributed by atoms with van der Waals surface area (Å²) in [6.45, 7) is 5.55. The fraction of sp³-hybridized carbons (Fsp3) is 0.571. The van der Waals surface area contributed by atoms with Gasteiger partial charge in [0, 0.05) is 13.1 Å². The van der Waals surface area contributed by atoms with Crippen molar-refractivity contribution in [3.63, 3.8) is 0 Å². The molecule has 0 atom stereocenters. The second-order valence-electron chi connectivity index (χ2n) is 5.04. The number of rotatable bonds is 9. The third-order valence-electron chi connectivity index (χ3n) is 2.77. The monoisotopic (exact) mass is 300 g/mol. The highest BCUT2D eigenvalue weighted by Crippen LogP contribution is 2.15. The van der Waals surface area contributed by atoms with E-state index in [0.29, 0.717) is 31.4 Å². The van der Waals surface area contributed by atoms with Crippen LogP contribution < -0.4 is 15.2 Å². The summed E-state index contributed by atoms with van der Waals surface area (Å²) in [7, 11) is -3.43. The maximum Gasteiger partial charge on any atom is 0.240 e. The van der Waals surface area contributed by atoms with E-state index in [-0.39, 0.29) is 4.90 Å². The molecule has 1 rings (SSSR count). The Hall–Kier alpha value is -1.11. The van der Waals surface area contributed by atoms with Crippen LogP contribution in [0.15, 0.2) is 29.2 Å². The molecule has 0 aliphatic rings. The highest BCUT2D eigenvalue weighted by Gasteiger charge is 2.13. The lowest BCUT2D eigenvalue weighted by Gasteiger charge is -2.09. The van der Waals surface area contributed by atoms with E-state index in [9.17, 15) is 8.42 Å². The molecule has 3 N–H and O–H groups in total. The zero-order chi connectivity index (χ0) is 15.0. The molecule has 0 saturated carbocycles. The first-order chi connectivity index (χ1) is 9.45.